The zero-order valence-corrected chi connectivity index (χ0v) is 15.4. The van der Waals surface area contributed by atoms with Crippen LogP contribution in [0.3, 0.4) is 0 Å². The van der Waals surface area contributed by atoms with E-state index in [1.165, 1.54) is 6.33 Å². The lowest BCUT2D eigenvalue weighted by Crippen LogP contribution is -2.33. The van der Waals surface area contributed by atoms with E-state index in [0.29, 0.717) is 18.8 Å². The molecule has 0 unspecified atom stereocenters. The van der Waals surface area contributed by atoms with Crippen molar-refractivity contribution in [2.45, 2.75) is 6.54 Å². The first-order chi connectivity index (χ1) is 13.7. The standard InChI is InChI=1S/C19H15N5O3S/c25-14-8-11(18-22-13-3-1-2-4-15(13)28-18)7-12-9-24(5-6-27-16(12)14)19(26)17-20-10-21-23-17/h1-4,7-8,10,25H,5-6,9H2,(H,20,21,23). The minimum absolute atomic E-state index is 0.0423. The van der Waals surface area contributed by atoms with E-state index in [1.807, 2.05) is 30.3 Å². The first kappa shape index (κ1) is 16.7. The molecule has 0 aliphatic carbocycles. The highest BCUT2D eigenvalue weighted by Crippen LogP contribution is 2.39. The van der Waals surface area contributed by atoms with Gasteiger partial charge in [-0.15, -0.1) is 11.3 Å². The number of hydrogen-bond acceptors (Lipinski definition) is 7. The number of aromatic amines is 1. The Kier molecular flexibility index (Phi) is 3.94. The molecular weight excluding hydrogens is 378 g/mol. The van der Waals surface area contributed by atoms with Crippen LogP contribution in [0.5, 0.6) is 11.5 Å². The SMILES string of the molecule is O=C(c1ncn[nH]1)N1CCOc2c(O)cc(-c3nc4ccccc4s3)cc2C1. The van der Waals surface area contributed by atoms with Crippen molar-refractivity contribution in [3.63, 3.8) is 0 Å². The van der Waals surface area contributed by atoms with Gasteiger partial charge in [0.1, 0.15) is 17.9 Å². The summed E-state index contributed by atoms with van der Waals surface area (Å²) < 4.78 is 6.79. The summed E-state index contributed by atoms with van der Waals surface area (Å²) >= 11 is 1.55. The highest BCUT2D eigenvalue weighted by atomic mass is 32.1. The molecule has 9 heteroatoms. The van der Waals surface area contributed by atoms with Gasteiger partial charge in [0.25, 0.3) is 5.91 Å². The molecule has 140 valence electrons. The molecule has 5 rings (SSSR count). The van der Waals surface area contributed by atoms with E-state index in [1.54, 1.807) is 22.3 Å². The molecule has 0 saturated carbocycles. The third kappa shape index (κ3) is 2.85. The van der Waals surface area contributed by atoms with Crippen LogP contribution in [0, 0.1) is 0 Å². The maximum absolute atomic E-state index is 12.6. The van der Waals surface area contributed by atoms with Gasteiger partial charge in [-0.3, -0.25) is 9.89 Å². The highest BCUT2D eigenvalue weighted by Gasteiger charge is 2.25. The van der Waals surface area contributed by atoms with Gasteiger partial charge in [0, 0.05) is 11.1 Å². The lowest BCUT2D eigenvalue weighted by Gasteiger charge is -2.18. The molecule has 28 heavy (non-hydrogen) atoms. The molecule has 1 amide bonds. The van der Waals surface area contributed by atoms with E-state index in [4.69, 9.17) is 4.74 Å². The molecule has 0 fully saturated rings. The fourth-order valence-corrected chi connectivity index (χ4v) is 4.20. The van der Waals surface area contributed by atoms with Crippen molar-refractivity contribution in [3.8, 4) is 22.1 Å². The van der Waals surface area contributed by atoms with Crippen LogP contribution in [0.1, 0.15) is 16.2 Å². The number of aromatic hydroxyl groups is 1. The quantitative estimate of drug-likeness (QED) is 0.543. The molecule has 0 bridgehead atoms. The number of aromatic nitrogens is 4. The molecule has 2 N–H and O–H groups in total. The number of ether oxygens (including phenoxy) is 1. The number of para-hydroxylation sites is 1. The van der Waals surface area contributed by atoms with Gasteiger partial charge >= 0.3 is 0 Å². The number of thiazole rings is 1. The maximum Gasteiger partial charge on any atom is 0.291 e. The van der Waals surface area contributed by atoms with Crippen LogP contribution in [0.2, 0.25) is 0 Å². The van der Waals surface area contributed by atoms with E-state index >= 15 is 0 Å². The molecule has 0 saturated heterocycles. The highest BCUT2D eigenvalue weighted by molar-refractivity contribution is 7.21. The van der Waals surface area contributed by atoms with Gasteiger partial charge in [0.05, 0.1) is 23.3 Å². The number of benzene rings is 2. The van der Waals surface area contributed by atoms with Crippen LogP contribution in [0.15, 0.2) is 42.7 Å². The number of phenolic OH excluding ortho intramolecular Hbond substituents is 1. The number of H-pyrrole nitrogens is 1. The third-order valence-corrected chi connectivity index (χ3v) is 5.65. The summed E-state index contributed by atoms with van der Waals surface area (Å²) in [6, 6.07) is 11.5. The van der Waals surface area contributed by atoms with E-state index in [9.17, 15) is 9.90 Å². The monoisotopic (exact) mass is 393 g/mol. The Morgan fingerprint density at radius 2 is 2.18 bits per heavy atom. The Balaban J connectivity index is 1.53. The minimum Gasteiger partial charge on any atom is -0.504 e. The molecule has 8 nitrogen and oxygen atoms in total. The second kappa shape index (κ2) is 6.61. The van der Waals surface area contributed by atoms with Crippen LogP contribution in [0.4, 0.5) is 0 Å². The Morgan fingerprint density at radius 1 is 1.29 bits per heavy atom. The van der Waals surface area contributed by atoms with Crippen molar-refractivity contribution in [2.75, 3.05) is 13.2 Å². The zero-order valence-electron chi connectivity index (χ0n) is 14.6. The van der Waals surface area contributed by atoms with Gasteiger partial charge in [0.15, 0.2) is 11.5 Å². The predicted octanol–water partition coefficient (Wildman–Crippen LogP) is 2.82. The molecule has 3 heterocycles. The first-order valence-corrected chi connectivity index (χ1v) is 9.50. The van der Waals surface area contributed by atoms with Crippen molar-refractivity contribution in [1.29, 1.82) is 0 Å². The van der Waals surface area contributed by atoms with Crippen molar-refractivity contribution in [2.24, 2.45) is 0 Å². The first-order valence-electron chi connectivity index (χ1n) is 8.68. The average molecular weight is 393 g/mol. The number of phenols is 1. The van der Waals surface area contributed by atoms with Gasteiger partial charge in [-0.05, 0) is 24.3 Å². The fraction of sp³-hybridized carbons (Fsp3) is 0.158. The van der Waals surface area contributed by atoms with Crippen LogP contribution in [0.25, 0.3) is 20.8 Å². The number of hydrogen-bond donors (Lipinski definition) is 2. The Morgan fingerprint density at radius 3 is 3.00 bits per heavy atom. The van der Waals surface area contributed by atoms with Crippen LogP contribution in [-0.2, 0) is 6.54 Å². The summed E-state index contributed by atoms with van der Waals surface area (Å²) in [5, 5.41) is 17.7. The van der Waals surface area contributed by atoms with Crippen LogP contribution < -0.4 is 4.74 Å². The normalized spacial score (nSPS) is 13.8. The van der Waals surface area contributed by atoms with E-state index in [-0.39, 0.29) is 24.1 Å². The molecule has 2 aromatic carbocycles. The lowest BCUT2D eigenvalue weighted by atomic mass is 10.1. The summed E-state index contributed by atoms with van der Waals surface area (Å²) in [5.41, 5.74) is 2.42. The second-order valence-corrected chi connectivity index (χ2v) is 7.41. The van der Waals surface area contributed by atoms with Gasteiger partial charge < -0.3 is 14.7 Å². The van der Waals surface area contributed by atoms with E-state index in [0.717, 1.165) is 26.4 Å². The zero-order chi connectivity index (χ0) is 19.1. The Labute approximate surface area is 163 Å². The lowest BCUT2D eigenvalue weighted by molar-refractivity contribution is 0.0721. The molecule has 0 spiro atoms. The molecule has 1 aliphatic rings. The maximum atomic E-state index is 12.6. The summed E-state index contributed by atoms with van der Waals surface area (Å²) in [6.07, 6.45) is 1.30. The number of rotatable bonds is 2. The topological polar surface area (TPSA) is 104 Å². The van der Waals surface area contributed by atoms with Gasteiger partial charge in [-0.2, -0.15) is 5.10 Å². The van der Waals surface area contributed by atoms with Gasteiger partial charge in [0.2, 0.25) is 5.82 Å². The molecular formula is C19H15N5O3S. The van der Waals surface area contributed by atoms with Crippen molar-refractivity contribution >= 4 is 27.5 Å². The van der Waals surface area contributed by atoms with Gasteiger partial charge in [-0.1, -0.05) is 12.1 Å². The average Bonchev–Trinajstić information content (AvgIpc) is 3.33. The van der Waals surface area contributed by atoms with Crippen molar-refractivity contribution in [1.82, 2.24) is 25.1 Å². The number of fused-ring (bicyclic) bond motifs is 2. The Bertz CT molecular complexity index is 1140. The second-order valence-electron chi connectivity index (χ2n) is 6.38. The molecule has 0 atom stereocenters. The minimum atomic E-state index is -0.265. The summed E-state index contributed by atoms with van der Waals surface area (Å²) in [5.74, 6) is 0.354. The smallest absolute Gasteiger partial charge is 0.291 e. The molecule has 4 aromatic rings. The number of nitrogens with one attached hydrogen (secondary N) is 1. The van der Waals surface area contributed by atoms with Crippen LogP contribution in [-0.4, -0.2) is 49.2 Å². The largest absolute Gasteiger partial charge is 0.504 e. The fourth-order valence-electron chi connectivity index (χ4n) is 3.25. The Hall–Kier alpha value is -3.46. The number of amides is 1. The summed E-state index contributed by atoms with van der Waals surface area (Å²) in [7, 11) is 0. The van der Waals surface area contributed by atoms with E-state index in [2.05, 4.69) is 20.2 Å². The van der Waals surface area contributed by atoms with E-state index < -0.39 is 0 Å². The summed E-state index contributed by atoms with van der Waals surface area (Å²) in [6.45, 7) is 0.951. The van der Waals surface area contributed by atoms with Crippen LogP contribution >= 0.6 is 11.3 Å². The van der Waals surface area contributed by atoms with Gasteiger partial charge in [-0.25, -0.2) is 9.97 Å². The van der Waals surface area contributed by atoms with Crippen molar-refractivity contribution in [3.05, 3.63) is 54.1 Å². The number of nitrogens with zero attached hydrogens (tertiary/aromatic N) is 4. The predicted molar refractivity (Wildman–Crippen MR) is 103 cm³/mol. The molecule has 2 aromatic heterocycles. The number of carbonyl (C=O) groups is 1. The number of carbonyl (C=O) groups excluding carboxylic acids is 1. The molecule has 0 radical (unpaired) electrons. The molecule has 1 aliphatic heterocycles. The summed E-state index contributed by atoms with van der Waals surface area (Å²) in [4.78, 5) is 22.8. The van der Waals surface area contributed by atoms with Crippen molar-refractivity contribution < 1.29 is 14.6 Å². The third-order valence-electron chi connectivity index (χ3n) is 4.56.